The van der Waals surface area contributed by atoms with Gasteiger partial charge in [0.05, 0.1) is 17.3 Å². The van der Waals surface area contributed by atoms with Crippen molar-refractivity contribution < 1.29 is 14.3 Å². The van der Waals surface area contributed by atoms with Crippen LogP contribution in [0.3, 0.4) is 0 Å². The molecular weight excluding hydrogens is 305 g/mol. The van der Waals surface area contributed by atoms with Crippen molar-refractivity contribution in [2.45, 2.75) is 6.92 Å². The minimum atomic E-state index is -0.723. The van der Waals surface area contributed by atoms with Crippen LogP contribution in [-0.4, -0.2) is 33.9 Å². The SMILES string of the molecule is CCOC(=O)c1nnn(-c2cc(Cl)ccc2Cl)c1C=O. The van der Waals surface area contributed by atoms with E-state index >= 15 is 0 Å². The number of aromatic nitrogens is 3. The molecule has 0 radical (unpaired) electrons. The van der Waals surface area contributed by atoms with E-state index < -0.39 is 5.97 Å². The Morgan fingerprint density at radius 2 is 2.20 bits per heavy atom. The van der Waals surface area contributed by atoms with Gasteiger partial charge < -0.3 is 4.74 Å². The van der Waals surface area contributed by atoms with E-state index in [9.17, 15) is 9.59 Å². The van der Waals surface area contributed by atoms with Crippen LogP contribution in [0.15, 0.2) is 18.2 Å². The Morgan fingerprint density at radius 3 is 2.85 bits per heavy atom. The van der Waals surface area contributed by atoms with Gasteiger partial charge in [-0.15, -0.1) is 5.10 Å². The van der Waals surface area contributed by atoms with Gasteiger partial charge in [0.25, 0.3) is 0 Å². The maximum Gasteiger partial charge on any atom is 0.361 e. The molecule has 0 aliphatic heterocycles. The van der Waals surface area contributed by atoms with Crippen molar-refractivity contribution in [3.05, 3.63) is 39.6 Å². The Hall–Kier alpha value is -1.92. The number of aldehydes is 1. The average molecular weight is 314 g/mol. The highest BCUT2D eigenvalue weighted by atomic mass is 35.5. The van der Waals surface area contributed by atoms with E-state index in [2.05, 4.69) is 10.3 Å². The lowest BCUT2D eigenvalue weighted by Gasteiger charge is -2.05. The summed E-state index contributed by atoms with van der Waals surface area (Å²) < 4.78 is 5.95. The second-order valence-corrected chi connectivity index (χ2v) is 4.51. The molecule has 0 N–H and O–H groups in total. The largest absolute Gasteiger partial charge is 0.461 e. The number of benzene rings is 1. The smallest absolute Gasteiger partial charge is 0.361 e. The fraction of sp³-hybridized carbons (Fsp3) is 0.167. The maximum atomic E-state index is 11.7. The first-order chi connectivity index (χ1) is 9.58. The van der Waals surface area contributed by atoms with Gasteiger partial charge in [0.2, 0.25) is 5.69 Å². The van der Waals surface area contributed by atoms with Crippen LogP contribution in [0, 0.1) is 0 Å². The molecule has 2 aromatic rings. The average Bonchev–Trinajstić information content (AvgIpc) is 2.85. The summed E-state index contributed by atoms with van der Waals surface area (Å²) >= 11 is 11.9. The number of halogens is 2. The molecular formula is C12H9Cl2N3O3. The molecule has 0 saturated carbocycles. The van der Waals surface area contributed by atoms with E-state index in [-0.39, 0.29) is 18.0 Å². The lowest BCUT2D eigenvalue weighted by atomic mass is 10.3. The molecule has 0 atom stereocenters. The lowest BCUT2D eigenvalue weighted by molar-refractivity contribution is 0.0517. The van der Waals surface area contributed by atoms with E-state index in [1.54, 1.807) is 19.1 Å². The molecule has 0 amide bonds. The molecule has 104 valence electrons. The highest BCUT2D eigenvalue weighted by molar-refractivity contribution is 6.34. The van der Waals surface area contributed by atoms with Gasteiger partial charge in [0.15, 0.2) is 6.29 Å². The van der Waals surface area contributed by atoms with Gasteiger partial charge >= 0.3 is 5.97 Å². The minimum absolute atomic E-state index is 0.0485. The summed E-state index contributed by atoms with van der Waals surface area (Å²) in [7, 11) is 0. The molecule has 0 spiro atoms. The quantitative estimate of drug-likeness (QED) is 0.640. The number of hydrogen-bond acceptors (Lipinski definition) is 5. The van der Waals surface area contributed by atoms with Crippen LogP contribution in [0.4, 0.5) is 0 Å². The Balaban J connectivity index is 2.56. The second-order valence-electron chi connectivity index (χ2n) is 3.67. The molecule has 0 bridgehead atoms. The third-order valence-electron chi connectivity index (χ3n) is 2.42. The van der Waals surface area contributed by atoms with Crippen molar-refractivity contribution in [1.82, 2.24) is 15.0 Å². The van der Waals surface area contributed by atoms with Gasteiger partial charge in [0, 0.05) is 5.02 Å². The Labute approximate surface area is 124 Å². The molecule has 6 nitrogen and oxygen atoms in total. The van der Waals surface area contributed by atoms with E-state index in [1.807, 2.05) is 0 Å². The molecule has 0 fully saturated rings. The first-order valence-electron chi connectivity index (χ1n) is 5.62. The molecule has 0 unspecified atom stereocenters. The summed E-state index contributed by atoms with van der Waals surface area (Å²) in [4.78, 5) is 22.9. The predicted octanol–water partition coefficient (Wildman–Crippen LogP) is 2.56. The number of nitrogens with zero attached hydrogens (tertiary/aromatic N) is 3. The van der Waals surface area contributed by atoms with Crippen LogP contribution in [0.1, 0.15) is 27.9 Å². The molecule has 1 heterocycles. The van der Waals surface area contributed by atoms with Crippen LogP contribution in [-0.2, 0) is 4.74 Å². The predicted molar refractivity (Wildman–Crippen MR) is 72.7 cm³/mol. The van der Waals surface area contributed by atoms with Crippen molar-refractivity contribution >= 4 is 35.5 Å². The third kappa shape index (κ3) is 2.66. The molecule has 0 aliphatic carbocycles. The van der Waals surface area contributed by atoms with Crippen LogP contribution in [0.25, 0.3) is 5.69 Å². The molecule has 0 aliphatic rings. The molecule has 1 aromatic heterocycles. The van der Waals surface area contributed by atoms with Gasteiger partial charge in [0.1, 0.15) is 5.69 Å². The van der Waals surface area contributed by atoms with E-state index in [0.717, 1.165) is 4.68 Å². The van der Waals surface area contributed by atoms with Crippen LogP contribution in [0.2, 0.25) is 10.0 Å². The van der Waals surface area contributed by atoms with E-state index in [1.165, 1.54) is 6.07 Å². The van der Waals surface area contributed by atoms with Gasteiger partial charge in [-0.2, -0.15) is 0 Å². The zero-order chi connectivity index (χ0) is 14.7. The van der Waals surface area contributed by atoms with Gasteiger partial charge in [-0.25, -0.2) is 9.48 Å². The summed E-state index contributed by atoms with van der Waals surface area (Å²) in [5, 5.41) is 8.14. The summed E-state index contributed by atoms with van der Waals surface area (Å²) in [6, 6.07) is 4.66. The van der Waals surface area contributed by atoms with Crippen LogP contribution >= 0.6 is 23.2 Å². The maximum absolute atomic E-state index is 11.7. The highest BCUT2D eigenvalue weighted by Gasteiger charge is 2.22. The van der Waals surface area contributed by atoms with Gasteiger partial charge in [-0.3, -0.25) is 4.79 Å². The standard InChI is InChI=1S/C12H9Cl2N3O3/c1-2-20-12(19)11-10(6-18)17(16-15-11)9-5-7(13)3-4-8(9)14/h3-6H,2H2,1H3. The lowest BCUT2D eigenvalue weighted by Crippen LogP contribution is -2.10. The van der Waals surface area contributed by atoms with Gasteiger partial charge in [-0.1, -0.05) is 28.4 Å². The van der Waals surface area contributed by atoms with Crippen LogP contribution < -0.4 is 0 Å². The summed E-state index contributed by atoms with van der Waals surface area (Å²) in [6.07, 6.45) is 0.462. The fourth-order valence-corrected chi connectivity index (χ4v) is 1.93. The number of rotatable bonds is 4. The Morgan fingerprint density at radius 1 is 1.45 bits per heavy atom. The topological polar surface area (TPSA) is 74.1 Å². The molecule has 2 rings (SSSR count). The number of esters is 1. The Bertz CT molecular complexity index is 670. The fourth-order valence-electron chi connectivity index (χ4n) is 1.57. The first kappa shape index (κ1) is 14.5. The molecule has 1 aromatic carbocycles. The Kier molecular flexibility index (Phi) is 4.36. The minimum Gasteiger partial charge on any atom is -0.461 e. The highest BCUT2D eigenvalue weighted by Crippen LogP contribution is 2.25. The molecule has 0 saturated heterocycles. The normalized spacial score (nSPS) is 10.3. The first-order valence-corrected chi connectivity index (χ1v) is 6.37. The van der Waals surface area contributed by atoms with Crippen molar-refractivity contribution in [3.63, 3.8) is 0 Å². The van der Waals surface area contributed by atoms with E-state index in [4.69, 9.17) is 27.9 Å². The number of carbonyl (C=O) groups is 2. The van der Waals surface area contributed by atoms with Crippen molar-refractivity contribution in [1.29, 1.82) is 0 Å². The second kappa shape index (κ2) is 6.02. The number of hydrogen-bond donors (Lipinski definition) is 0. The summed E-state index contributed by atoms with van der Waals surface area (Å²) in [5.41, 5.74) is 0.134. The van der Waals surface area contributed by atoms with E-state index in [0.29, 0.717) is 22.0 Å². The molecule has 20 heavy (non-hydrogen) atoms. The molecule has 8 heteroatoms. The number of ether oxygens (including phenoxy) is 1. The summed E-state index contributed by atoms with van der Waals surface area (Å²) in [6.45, 7) is 1.82. The summed E-state index contributed by atoms with van der Waals surface area (Å²) in [5.74, 6) is -0.723. The number of carbonyl (C=O) groups excluding carboxylic acids is 2. The van der Waals surface area contributed by atoms with Crippen molar-refractivity contribution in [2.24, 2.45) is 0 Å². The van der Waals surface area contributed by atoms with Crippen molar-refractivity contribution in [3.8, 4) is 5.69 Å². The monoisotopic (exact) mass is 313 g/mol. The third-order valence-corrected chi connectivity index (χ3v) is 2.98. The van der Waals surface area contributed by atoms with Crippen LogP contribution in [0.5, 0.6) is 0 Å². The van der Waals surface area contributed by atoms with Crippen molar-refractivity contribution in [2.75, 3.05) is 6.61 Å². The zero-order valence-corrected chi connectivity index (χ0v) is 11.9. The van der Waals surface area contributed by atoms with Gasteiger partial charge in [-0.05, 0) is 25.1 Å². The zero-order valence-electron chi connectivity index (χ0n) is 10.3.